The summed E-state index contributed by atoms with van der Waals surface area (Å²) in [6.45, 7) is 7.57. The van der Waals surface area contributed by atoms with Gasteiger partial charge < -0.3 is 9.47 Å². The van der Waals surface area contributed by atoms with Gasteiger partial charge in [-0.2, -0.15) is 13.2 Å². The Hall–Kier alpha value is -5.57. The summed E-state index contributed by atoms with van der Waals surface area (Å²) in [7, 11) is 1.61. The van der Waals surface area contributed by atoms with Crippen molar-refractivity contribution in [2.24, 2.45) is 0 Å². The van der Waals surface area contributed by atoms with Gasteiger partial charge in [0.15, 0.2) is 0 Å². The summed E-state index contributed by atoms with van der Waals surface area (Å²) in [6.07, 6.45) is -5.23. The molecule has 0 aliphatic carbocycles. The Bertz CT molecular complexity index is 1920. The van der Waals surface area contributed by atoms with E-state index in [-0.39, 0.29) is 18.7 Å². The number of thiophene rings is 1. The molecule has 0 aliphatic rings. The molecule has 0 atom stereocenters. The second-order valence-corrected chi connectivity index (χ2v) is 11.4. The van der Waals surface area contributed by atoms with Gasteiger partial charge in [-0.3, -0.25) is 0 Å². The minimum Gasteiger partial charge on any atom is -0.497 e. The average molecular weight is 647 g/mol. The first-order valence-corrected chi connectivity index (χ1v) is 15.6. The molecule has 0 spiro atoms. The van der Waals surface area contributed by atoms with Gasteiger partial charge in [0, 0.05) is 16.9 Å². The molecule has 8 heteroatoms. The summed E-state index contributed by atoms with van der Waals surface area (Å²) in [4.78, 5) is 4.34. The molecular weight excluding hydrogens is 618 g/mol. The molecule has 0 bridgehead atoms. The summed E-state index contributed by atoms with van der Waals surface area (Å²) in [6, 6.07) is 38.8. The molecule has 0 unspecified atom stereocenters. The molecule has 47 heavy (non-hydrogen) atoms. The van der Waals surface area contributed by atoms with Crippen molar-refractivity contribution >= 4 is 28.1 Å². The molecule has 0 radical (unpaired) electrons. The number of halogens is 3. The normalized spacial score (nSPS) is 12.3. The molecule has 0 saturated heterocycles. The van der Waals surface area contributed by atoms with Gasteiger partial charge >= 0.3 is 6.18 Å². The van der Waals surface area contributed by atoms with Gasteiger partial charge in [0.1, 0.15) is 11.5 Å². The number of benzene rings is 4. The molecule has 0 saturated carbocycles. The zero-order valence-corrected chi connectivity index (χ0v) is 26.2. The first-order chi connectivity index (χ1) is 22.8. The molecule has 0 N–H and O–H groups in total. The number of nitriles is 1. The number of nitrogens with zero attached hydrogens (tertiary/aromatic N) is 2. The number of hydrogen-bond donors (Lipinski definition) is 0. The van der Waals surface area contributed by atoms with Crippen molar-refractivity contribution in [1.82, 2.24) is 0 Å². The van der Waals surface area contributed by atoms with Crippen LogP contribution in [0.3, 0.4) is 0 Å². The fourth-order valence-corrected chi connectivity index (χ4v) is 6.00. The summed E-state index contributed by atoms with van der Waals surface area (Å²) >= 11 is 1.47. The SMILES string of the molecule is [C-]#[N+]/C(C#N)=C(\c1ccc(/C(=C(\c2ccc(OC)cc2)c2ccc(OCCCC(F)(F)F)cc2)c2ccccc2)cc1)c1cccs1. The van der Waals surface area contributed by atoms with E-state index in [1.165, 1.54) is 11.3 Å². The number of allylic oxidation sites excluding steroid dienone is 1. The lowest BCUT2D eigenvalue weighted by molar-refractivity contribution is -0.136. The van der Waals surface area contributed by atoms with Crippen molar-refractivity contribution in [2.75, 3.05) is 13.7 Å². The molecule has 234 valence electrons. The lowest BCUT2D eigenvalue weighted by Crippen LogP contribution is -2.09. The van der Waals surface area contributed by atoms with E-state index in [1.807, 2.05) is 109 Å². The van der Waals surface area contributed by atoms with Gasteiger partial charge in [0.2, 0.25) is 0 Å². The molecule has 0 aliphatic heterocycles. The van der Waals surface area contributed by atoms with Crippen LogP contribution in [0.5, 0.6) is 11.5 Å². The minimum absolute atomic E-state index is 0.0265. The Morgan fingerprint density at radius 3 is 1.70 bits per heavy atom. The molecule has 4 aromatic carbocycles. The molecule has 4 nitrogen and oxygen atoms in total. The predicted octanol–water partition coefficient (Wildman–Crippen LogP) is 10.7. The highest BCUT2D eigenvalue weighted by molar-refractivity contribution is 7.11. The fourth-order valence-electron chi connectivity index (χ4n) is 5.21. The van der Waals surface area contributed by atoms with E-state index in [0.717, 1.165) is 43.8 Å². The van der Waals surface area contributed by atoms with Gasteiger partial charge in [-0.25, -0.2) is 10.1 Å². The second-order valence-electron chi connectivity index (χ2n) is 10.4. The third-order valence-electron chi connectivity index (χ3n) is 7.39. The fraction of sp³-hybridized carbons (Fsp3) is 0.128. The highest BCUT2D eigenvalue weighted by atomic mass is 32.1. The smallest absolute Gasteiger partial charge is 0.389 e. The predicted molar refractivity (Wildman–Crippen MR) is 181 cm³/mol. The topological polar surface area (TPSA) is 46.6 Å². The van der Waals surface area contributed by atoms with Gasteiger partial charge in [-0.05, 0) is 81.1 Å². The van der Waals surface area contributed by atoms with Crippen molar-refractivity contribution in [3.8, 4) is 17.6 Å². The van der Waals surface area contributed by atoms with Gasteiger partial charge in [-0.1, -0.05) is 84.9 Å². The Morgan fingerprint density at radius 2 is 1.23 bits per heavy atom. The van der Waals surface area contributed by atoms with E-state index in [9.17, 15) is 18.4 Å². The Labute approximate surface area is 276 Å². The Kier molecular flexibility index (Phi) is 10.6. The molecule has 5 aromatic rings. The number of ether oxygens (including phenoxy) is 2. The van der Waals surface area contributed by atoms with Gasteiger partial charge in [-0.15, -0.1) is 11.3 Å². The van der Waals surface area contributed by atoms with E-state index in [2.05, 4.69) is 10.9 Å². The molecule has 1 heterocycles. The zero-order chi connectivity index (χ0) is 33.2. The van der Waals surface area contributed by atoms with Crippen LogP contribution in [-0.4, -0.2) is 19.9 Å². The van der Waals surface area contributed by atoms with E-state index in [4.69, 9.17) is 16.0 Å². The van der Waals surface area contributed by atoms with E-state index in [1.54, 1.807) is 19.2 Å². The maximum atomic E-state index is 12.6. The molecule has 0 amide bonds. The third kappa shape index (κ3) is 8.18. The Morgan fingerprint density at radius 1 is 0.723 bits per heavy atom. The first-order valence-electron chi connectivity index (χ1n) is 14.7. The second kappa shape index (κ2) is 15.1. The van der Waals surface area contributed by atoms with Crippen LogP contribution in [-0.2, 0) is 0 Å². The monoisotopic (exact) mass is 646 g/mol. The van der Waals surface area contributed by atoms with E-state index in [0.29, 0.717) is 17.1 Å². The van der Waals surface area contributed by atoms with Crippen LogP contribution in [0.15, 0.2) is 126 Å². The first kappa shape index (κ1) is 32.8. The number of rotatable bonds is 11. The van der Waals surface area contributed by atoms with E-state index < -0.39 is 12.6 Å². The van der Waals surface area contributed by atoms with Crippen molar-refractivity contribution in [2.45, 2.75) is 19.0 Å². The van der Waals surface area contributed by atoms with E-state index >= 15 is 0 Å². The van der Waals surface area contributed by atoms with Crippen LogP contribution in [0, 0.1) is 17.9 Å². The molecule has 1 aromatic heterocycles. The van der Waals surface area contributed by atoms with Crippen LogP contribution in [0.2, 0.25) is 0 Å². The summed E-state index contributed by atoms with van der Waals surface area (Å²) in [5.41, 5.74) is 6.91. The molecule has 5 rings (SSSR count). The Balaban J connectivity index is 1.64. The zero-order valence-electron chi connectivity index (χ0n) is 25.4. The average Bonchev–Trinajstić information content (AvgIpc) is 3.63. The largest absolute Gasteiger partial charge is 0.497 e. The minimum atomic E-state index is -4.21. The molecular formula is C39H29F3N2O2S. The van der Waals surface area contributed by atoms with Gasteiger partial charge in [0.05, 0.1) is 26.4 Å². The lowest BCUT2D eigenvalue weighted by atomic mass is 9.85. The molecule has 0 fully saturated rings. The van der Waals surface area contributed by atoms with Crippen molar-refractivity contribution in [3.63, 3.8) is 0 Å². The summed E-state index contributed by atoms with van der Waals surface area (Å²) in [5, 5.41) is 11.7. The maximum absolute atomic E-state index is 12.6. The van der Waals surface area contributed by atoms with Crippen LogP contribution in [0.4, 0.5) is 13.2 Å². The number of methoxy groups -OCH3 is 1. The highest BCUT2D eigenvalue weighted by Crippen LogP contribution is 2.39. The van der Waals surface area contributed by atoms with Gasteiger partial charge in [0.25, 0.3) is 5.70 Å². The van der Waals surface area contributed by atoms with Crippen LogP contribution < -0.4 is 9.47 Å². The summed E-state index contributed by atoms with van der Waals surface area (Å²) in [5.74, 6) is 1.19. The van der Waals surface area contributed by atoms with Crippen molar-refractivity contribution in [1.29, 1.82) is 5.26 Å². The lowest BCUT2D eigenvalue weighted by Gasteiger charge is -2.19. The number of alkyl halides is 3. The van der Waals surface area contributed by atoms with Crippen molar-refractivity contribution in [3.05, 3.63) is 170 Å². The standard InChI is InChI=1S/C39H29F3N2O2S/c1-44-34(26-43)38(35-10-6-25-47-35)31-13-11-28(12-14-31)36(27-8-4-3-5-9-27)37(29-15-19-32(45-2)20-16-29)30-17-21-33(22-18-30)46-24-7-23-39(40,41)42/h3-6,8-22,25H,7,23-24H2,2H3/b37-36+,38-34+. The van der Waals surface area contributed by atoms with Crippen molar-refractivity contribution < 1.29 is 22.6 Å². The maximum Gasteiger partial charge on any atom is 0.389 e. The van der Waals surface area contributed by atoms with Crippen LogP contribution >= 0.6 is 11.3 Å². The van der Waals surface area contributed by atoms with Crippen LogP contribution in [0.25, 0.3) is 21.6 Å². The quantitative estimate of drug-likeness (QED) is 0.0621. The third-order valence-corrected chi connectivity index (χ3v) is 8.28. The van der Waals surface area contributed by atoms with Crippen LogP contribution in [0.1, 0.15) is 45.5 Å². The highest BCUT2D eigenvalue weighted by Gasteiger charge is 2.26. The summed E-state index contributed by atoms with van der Waals surface area (Å²) < 4.78 is 48.8. The number of hydrogen-bond acceptors (Lipinski definition) is 4.